The van der Waals surface area contributed by atoms with Crippen LogP contribution >= 0.6 is 11.3 Å². The summed E-state index contributed by atoms with van der Waals surface area (Å²) in [5.41, 5.74) is 0. The minimum atomic E-state index is -0.165. The number of aromatic nitrogens is 3. The number of imidazole rings is 1. The first-order valence-corrected chi connectivity index (χ1v) is 11.6. The Balaban J connectivity index is 1.91. The molecule has 0 unspecified atom stereocenters. The zero-order valence-corrected chi connectivity index (χ0v) is 19.6. The second-order valence-electron chi connectivity index (χ2n) is 7.09. The van der Waals surface area contributed by atoms with Crippen molar-refractivity contribution in [2.24, 2.45) is 0 Å². The Kier molecular flexibility index (Phi) is 11.2. The number of hydrogen-bond donors (Lipinski definition) is 1. The monoisotopic (exact) mass is 450 g/mol. The fraction of sp³-hybridized carbons (Fsp3) is 0.619. The van der Waals surface area contributed by atoms with Crippen LogP contribution in [0.4, 0.5) is 5.13 Å². The van der Waals surface area contributed by atoms with E-state index in [0.29, 0.717) is 29.7 Å². The topological polar surface area (TPSA) is 92.6 Å². The van der Waals surface area contributed by atoms with Crippen molar-refractivity contribution < 1.29 is 14.3 Å². The molecule has 2 heterocycles. The van der Waals surface area contributed by atoms with Gasteiger partial charge >= 0.3 is 0 Å². The van der Waals surface area contributed by atoms with Crippen LogP contribution < -0.4 is 10.2 Å². The zero-order chi connectivity index (χ0) is 22.5. The third-order valence-corrected chi connectivity index (χ3v) is 5.98. The summed E-state index contributed by atoms with van der Waals surface area (Å²) in [6, 6.07) is 0. The second kappa shape index (κ2) is 13.9. The van der Waals surface area contributed by atoms with Gasteiger partial charge in [0.2, 0.25) is 5.91 Å². The number of rotatable bonds is 15. The molecule has 0 atom stereocenters. The Hall–Kier alpha value is -2.30. The van der Waals surface area contributed by atoms with E-state index in [1.165, 1.54) is 11.3 Å². The van der Waals surface area contributed by atoms with E-state index in [1.54, 1.807) is 30.7 Å². The van der Waals surface area contributed by atoms with Gasteiger partial charge < -0.3 is 19.5 Å². The Labute approximate surface area is 188 Å². The lowest BCUT2D eigenvalue weighted by atomic mass is 10.3. The van der Waals surface area contributed by atoms with Gasteiger partial charge in [0, 0.05) is 39.1 Å². The molecule has 31 heavy (non-hydrogen) atoms. The lowest BCUT2D eigenvalue weighted by Crippen LogP contribution is -2.35. The van der Waals surface area contributed by atoms with E-state index in [2.05, 4.69) is 34.0 Å². The van der Waals surface area contributed by atoms with Gasteiger partial charge in [0.1, 0.15) is 4.88 Å². The van der Waals surface area contributed by atoms with E-state index in [0.717, 1.165) is 39.0 Å². The van der Waals surface area contributed by atoms with Gasteiger partial charge in [-0.25, -0.2) is 9.97 Å². The molecule has 9 nitrogen and oxygen atoms in total. The first-order valence-electron chi connectivity index (χ1n) is 10.8. The predicted octanol–water partition coefficient (Wildman–Crippen LogP) is 2.26. The maximum atomic E-state index is 12.7. The minimum absolute atomic E-state index is 0.0389. The number of methoxy groups -OCH3 is 1. The summed E-state index contributed by atoms with van der Waals surface area (Å²) in [5, 5.41) is 3.48. The van der Waals surface area contributed by atoms with E-state index in [-0.39, 0.29) is 18.2 Å². The highest BCUT2D eigenvalue weighted by Gasteiger charge is 2.20. The van der Waals surface area contributed by atoms with Crippen molar-refractivity contribution in [1.29, 1.82) is 0 Å². The molecule has 0 aliphatic heterocycles. The number of anilines is 1. The number of carbonyl (C=O) groups excluding carboxylic acids is 2. The van der Waals surface area contributed by atoms with Crippen LogP contribution in [0.5, 0.6) is 0 Å². The molecule has 0 saturated carbocycles. The third kappa shape index (κ3) is 8.39. The number of hydrogen-bond acceptors (Lipinski definition) is 7. The normalized spacial score (nSPS) is 11.1. The van der Waals surface area contributed by atoms with Gasteiger partial charge in [0.15, 0.2) is 5.13 Å². The van der Waals surface area contributed by atoms with E-state index in [4.69, 9.17) is 4.74 Å². The highest BCUT2D eigenvalue weighted by molar-refractivity contribution is 7.17. The standard InChI is InChI=1S/C21H34N6O3S/c1-4-25(5-2)12-7-13-27(19(28)8-15-30-3)21-24-16-18(31-21)20(29)23-9-6-11-26-14-10-22-17-26/h10,14,16-17H,4-9,11-13,15H2,1-3H3,(H,23,29). The Bertz CT molecular complexity index is 776. The fourth-order valence-electron chi connectivity index (χ4n) is 3.11. The van der Waals surface area contributed by atoms with Crippen LogP contribution in [0.25, 0.3) is 0 Å². The smallest absolute Gasteiger partial charge is 0.263 e. The van der Waals surface area contributed by atoms with Crippen LogP contribution in [0.15, 0.2) is 24.9 Å². The molecule has 2 aromatic rings. The molecule has 2 aromatic heterocycles. The van der Waals surface area contributed by atoms with Crippen molar-refractivity contribution >= 4 is 28.3 Å². The summed E-state index contributed by atoms with van der Waals surface area (Å²) < 4.78 is 7.03. The Morgan fingerprint density at radius 1 is 1.23 bits per heavy atom. The maximum Gasteiger partial charge on any atom is 0.263 e. The molecule has 2 rings (SSSR count). The molecule has 2 amide bonds. The summed E-state index contributed by atoms with van der Waals surface area (Å²) in [5.74, 6) is -0.204. The van der Waals surface area contributed by atoms with Crippen LogP contribution in [-0.4, -0.2) is 77.7 Å². The summed E-state index contributed by atoms with van der Waals surface area (Å²) in [4.78, 5) is 38.1. The van der Waals surface area contributed by atoms with Crippen LogP contribution in [0.3, 0.4) is 0 Å². The number of amides is 2. The van der Waals surface area contributed by atoms with Gasteiger partial charge in [0.05, 0.1) is 25.6 Å². The lowest BCUT2D eigenvalue weighted by Gasteiger charge is -2.23. The molecule has 0 aromatic carbocycles. The third-order valence-electron chi connectivity index (χ3n) is 4.96. The van der Waals surface area contributed by atoms with Crippen molar-refractivity contribution in [2.75, 3.05) is 51.3 Å². The van der Waals surface area contributed by atoms with Crippen molar-refractivity contribution in [1.82, 2.24) is 24.8 Å². The summed E-state index contributed by atoms with van der Waals surface area (Å²) in [6.45, 7) is 9.43. The van der Waals surface area contributed by atoms with E-state index in [9.17, 15) is 9.59 Å². The molecule has 0 aliphatic carbocycles. The van der Waals surface area contributed by atoms with Crippen molar-refractivity contribution in [3.05, 3.63) is 29.8 Å². The van der Waals surface area contributed by atoms with Crippen molar-refractivity contribution in [3.8, 4) is 0 Å². The minimum Gasteiger partial charge on any atom is -0.384 e. The quantitative estimate of drug-likeness (QED) is 0.419. The number of nitrogens with zero attached hydrogens (tertiary/aromatic N) is 5. The van der Waals surface area contributed by atoms with Gasteiger partial charge in [-0.2, -0.15) is 0 Å². The molecule has 0 fully saturated rings. The van der Waals surface area contributed by atoms with Gasteiger partial charge in [-0.05, 0) is 32.5 Å². The van der Waals surface area contributed by atoms with Crippen LogP contribution in [-0.2, 0) is 16.1 Å². The summed E-state index contributed by atoms with van der Waals surface area (Å²) in [7, 11) is 1.58. The van der Waals surface area contributed by atoms with E-state index in [1.807, 2.05) is 10.8 Å². The number of aryl methyl sites for hydroxylation is 1. The second-order valence-corrected chi connectivity index (χ2v) is 8.09. The SMILES string of the molecule is CCN(CC)CCCN(C(=O)CCOC)c1ncc(C(=O)NCCCn2ccnc2)s1. The lowest BCUT2D eigenvalue weighted by molar-refractivity contribution is -0.119. The first-order chi connectivity index (χ1) is 15.1. The molecule has 172 valence electrons. The molecular formula is C21H34N6O3S. The predicted molar refractivity (Wildman–Crippen MR) is 123 cm³/mol. The van der Waals surface area contributed by atoms with Gasteiger partial charge in [-0.3, -0.25) is 14.5 Å². The molecule has 10 heteroatoms. The fourth-order valence-corrected chi connectivity index (χ4v) is 3.98. The molecule has 0 aliphatic rings. The molecule has 1 N–H and O–H groups in total. The zero-order valence-electron chi connectivity index (χ0n) is 18.7. The van der Waals surface area contributed by atoms with Gasteiger partial charge in [0.25, 0.3) is 5.91 Å². The Morgan fingerprint density at radius 3 is 2.71 bits per heavy atom. The van der Waals surface area contributed by atoms with Crippen LogP contribution in [0.1, 0.15) is 42.8 Å². The van der Waals surface area contributed by atoms with Crippen molar-refractivity contribution in [2.45, 2.75) is 39.7 Å². The molecular weight excluding hydrogens is 416 g/mol. The molecule has 0 bridgehead atoms. The number of ether oxygens (including phenoxy) is 1. The largest absolute Gasteiger partial charge is 0.384 e. The molecule has 0 spiro atoms. The molecule has 0 radical (unpaired) electrons. The van der Waals surface area contributed by atoms with Crippen LogP contribution in [0.2, 0.25) is 0 Å². The number of nitrogens with one attached hydrogen (secondary N) is 1. The van der Waals surface area contributed by atoms with E-state index < -0.39 is 0 Å². The van der Waals surface area contributed by atoms with Gasteiger partial charge in [-0.15, -0.1) is 0 Å². The summed E-state index contributed by atoms with van der Waals surface area (Å²) in [6.07, 6.45) is 8.87. The highest BCUT2D eigenvalue weighted by Crippen LogP contribution is 2.23. The average Bonchev–Trinajstić information content (AvgIpc) is 3.47. The highest BCUT2D eigenvalue weighted by atomic mass is 32.1. The number of thiazole rings is 1. The summed E-state index contributed by atoms with van der Waals surface area (Å²) >= 11 is 1.25. The average molecular weight is 451 g/mol. The Morgan fingerprint density at radius 2 is 2.03 bits per heavy atom. The number of carbonyl (C=O) groups is 2. The van der Waals surface area contributed by atoms with Crippen molar-refractivity contribution in [3.63, 3.8) is 0 Å². The van der Waals surface area contributed by atoms with Crippen LogP contribution in [0, 0.1) is 0 Å². The van der Waals surface area contributed by atoms with E-state index >= 15 is 0 Å². The van der Waals surface area contributed by atoms with Gasteiger partial charge in [-0.1, -0.05) is 25.2 Å². The maximum absolute atomic E-state index is 12.7. The first kappa shape index (κ1) is 25.0. The molecule has 0 saturated heterocycles.